The number of carbonyl (C=O) groups excluding carboxylic acids is 1. The molecule has 3 nitrogen and oxygen atoms in total. The van der Waals surface area contributed by atoms with Crippen molar-refractivity contribution in [1.82, 2.24) is 4.98 Å². The molecule has 2 aliphatic carbocycles. The lowest BCUT2D eigenvalue weighted by atomic mass is 10.4. The molecule has 2 fully saturated rings. The summed E-state index contributed by atoms with van der Waals surface area (Å²) in [4.78, 5) is 17.0. The van der Waals surface area contributed by atoms with Crippen LogP contribution in [0.4, 0.5) is 5.13 Å². The Morgan fingerprint density at radius 1 is 1.43 bits per heavy atom. The Morgan fingerprint density at radius 2 is 2.21 bits per heavy atom. The molecule has 0 radical (unpaired) electrons. The molecule has 1 heterocycles. The first-order valence-electron chi connectivity index (χ1n) is 5.09. The van der Waals surface area contributed by atoms with E-state index in [2.05, 4.69) is 10.3 Å². The van der Waals surface area contributed by atoms with Gasteiger partial charge >= 0.3 is 0 Å². The number of rotatable bonds is 3. The maximum atomic E-state index is 11.4. The quantitative estimate of drug-likeness (QED) is 0.828. The smallest absolute Gasteiger partial charge is 0.229 e. The van der Waals surface area contributed by atoms with Gasteiger partial charge in [0, 0.05) is 17.0 Å². The van der Waals surface area contributed by atoms with Crippen molar-refractivity contribution in [2.75, 3.05) is 5.32 Å². The Morgan fingerprint density at radius 3 is 2.86 bits per heavy atom. The van der Waals surface area contributed by atoms with Crippen LogP contribution in [0.5, 0.6) is 0 Å². The van der Waals surface area contributed by atoms with Gasteiger partial charge in [-0.3, -0.25) is 4.79 Å². The summed E-state index contributed by atoms with van der Waals surface area (Å²) in [5.74, 6) is 1.16. The van der Waals surface area contributed by atoms with Crippen LogP contribution in [0.1, 0.15) is 36.5 Å². The number of nitrogens with zero attached hydrogens (tertiary/aromatic N) is 1. The first kappa shape index (κ1) is 8.41. The van der Waals surface area contributed by atoms with E-state index >= 15 is 0 Å². The molecule has 0 bridgehead atoms. The number of hydrogen-bond acceptors (Lipinski definition) is 3. The van der Waals surface area contributed by atoms with E-state index < -0.39 is 0 Å². The minimum Gasteiger partial charge on any atom is -0.302 e. The van der Waals surface area contributed by atoms with Crippen LogP contribution in [0.2, 0.25) is 0 Å². The van der Waals surface area contributed by atoms with E-state index in [0.29, 0.717) is 0 Å². The molecule has 3 rings (SSSR count). The molecule has 1 amide bonds. The third kappa shape index (κ3) is 1.66. The van der Waals surface area contributed by atoms with Crippen LogP contribution >= 0.6 is 11.3 Å². The largest absolute Gasteiger partial charge is 0.302 e. The molecule has 0 saturated heterocycles. The first-order chi connectivity index (χ1) is 6.83. The minimum atomic E-state index is 0.154. The lowest BCUT2D eigenvalue weighted by molar-refractivity contribution is -0.117. The molecule has 0 spiro atoms. The number of aromatic nitrogens is 1. The van der Waals surface area contributed by atoms with E-state index in [0.717, 1.165) is 23.9 Å². The molecule has 4 heteroatoms. The first-order valence-corrected chi connectivity index (χ1v) is 5.91. The summed E-state index contributed by atoms with van der Waals surface area (Å²) in [7, 11) is 0. The van der Waals surface area contributed by atoms with Crippen molar-refractivity contribution >= 4 is 22.4 Å². The minimum absolute atomic E-state index is 0.154. The fourth-order valence-electron chi connectivity index (χ4n) is 1.45. The highest BCUT2D eigenvalue weighted by atomic mass is 32.1. The molecular weight excluding hydrogens is 196 g/mol. The highest BCUT2D eigenvalue weighted by Gasteiger charge is 2.31. The number of carbonyl (C=O) groups is 1. The van der Waals surface area contributed by atoms with Gasteiger partial charge in [-0.2, -0.15) is 0 Å². The van der Waals surface area contributed by atoms with Gasteiger partial charge in [0.05, 0.1) is 0 Å². The van der Waals surface area contributed by atoms with Crippen LogP contribution in [0.15, 0.2) is 6.20 Å². The van der Waals surface area contributed by atoms with Gasteiger partial charge in [-0.25, -0.2) is 4.98 Å². The van der Waals surface area contributed by atoms with Crippen LogP contribution < -0.4 is 5.32 Å². The summed E-state index contributed by atoms with van der Waals surface area (Å²) in [5.41, 5.74) is 0. The van der Waals surface area contributed by atoms with Crippen LogP contribution in [0, 0.1) is 5.92 Å². The number of thiazole rings is 1. The second-order valence-electron chi connectivity index (χ2n) is 4.11. The van der Waals surface area contributed by atoms with Crippen molar-refractivity contribution in [3.05, 3.63) is 11.1 Å². The summed E-state index contributed by atoms with van der Waals surface area (Å²) in [6.45, 7) is 0. The highest BCUT2D eigenvalue weighted by molar-refractivity contribution is 7.15. The fraction of sp³-hybridized carbons (Fsp3) is 0.600. The topological polar surface area (TPSA) is 42.0 Å². The van der Waals surface area contributed by atoms with Gasteiger partial charge in [-0.05, 0) is 31.6 Å². The SMILES string of the molecule is O=C(Nc1ncc(C2CC2)s1)C1CC1. The van der Waals surface area contributed by atoms with Crippen LogP contribution in [0.3, 0.4) is 0 Å². The van der Waals surface area contributed by atoms with E-state index in [1.54, 1.807) is 11.3 Å². The molecule has 1 aromatic heterocycles. The van der Waals surface area contributed by atoms with Crippen molar-refractivity contribution in [2.45, 2.75) is 31.6 Å². The maximum Gasteiger partial charge on any atom is 0.229 e. The monoisotopic (exact) mass is 208 g/mol. The molecule has 14 heavy (non-hydrogen) atoms. The van der Waals surface area contributed by atoms with Crippen LogP contribution in [-0.4, -0.2) is 10.9 Å². The Bertz CT molecular complexity index is 366. The van der Waals surface area contributed by atoms with E-state index in [4.69, 9.17) is 0 Å². The summed E-state index contributed by atoms with van der Waals surface area (Å²) in [6, 6.07) is 0. The zero-order valence-corrected chi connectivity index (χ0v) is 8.64. The van der Waals surface area contributed by atoms with Crippen molar-refractivity contribution in [1.29, 1.82) is 0 Å². The van der Waals surface area contributed by atoms with Gasteiger partial charge in [-0.15, -0.1) is 11.3 Å². The van der Waals surface area contributed by atoms with E-state index in [1.165, 1.54) is 17.7 Å². The van der Waals surface area contributed by atoms with E-state index in [9.17, 15) is 4.79 Å². The number of nitrogens with one attached hydrogen (secondary N) is 1. The second-order valence-corrected chi connectivity index (χ2v) is 5.17. The summed E-state index contributed by atoms with van der Waals surface area (Å²) >= 11 is 1.63. The summed E-state index contributed by atoms with van der Waals surface area (Å²) in [5, 5.41) is 3.66. The zero-order chi connectivity index (χ0) is 9.54. The molecular formula is C10H12N2OS. The van der Waals surface area contributed by atoms with Gasteiger partial charge in [-0.1, -0.05) is 0 Å². The Balaban J connectivity index is 1.66. The molecule has 74 valence electrons. The Labute approximate surface area is 86.5 Å². The van der Waals surface area contributed by atoms with Crippen molar-refractivity contribution < 1.29 is 4.79 Å². The maximum absolute atomic E-state index is 11.4. The summed E-state index contributed by atoms with van der Waals surface area (Å²) < 4.78 is 0. The van der Waals surface area contributed by atoms with Crippen LogP contribution in [0.25, 0.3) is 0 Å². The van der Waals surface area contributed by atoms with Crippen LogP contribution in [-0.2, 0) is 4.79 Å². The van der Waals surface area contributed by atoms with Gasteiger partial charge < -0.3 is 5.32 Å². The third-order valence-electron chi connectivity index (χ3n) is 2.68. The molecule has 2 aliphatic rings. The molecule has 1 aromatic rings. The molecule has 2 saturated carbocycles. The van der Waals surface area contributed by atoms with E-state index in [1.807, 2.05) is 6.20 Å². The van der Waals surface area contributed by atoms with E-state index in [-0.39, 0.29) is 11.8 Å². The Kier molecular flexibility index (Phi) is 1.83. The molecule has 0 unspecified atom stereocenters. The predicted octanol–water partition coefficient (Wildman–Crippen LogP) is 2.37. The zero-order valence-electron chi connectivity index (χ0n) is 7.82. The van der Waals surface area contributed by atoms with Gasteiger partial charge in [0.15, 0.2) is 5.13 Å². The summed E-state index contributed by atoms with van der Waals surface area (Å²) in [6.07, 6.45) is 6.58. The Hall–Kier alpha value is -0.900. The average Bonchev–Trinajstić information content (AvgIpc) is 3.06. The molecule has 1 N–H and O–H groups in total. The van der Waals surface area contributed by atoms with Gasteiger partial charge in [0.2, 0.25) is 5.91 Å². The average molecular weight is 208 g/mol. The van der Waals surface area contributed by atoms with Gasteiger partial charge in [0.1, 0.15) is 0 Å². The molecule has 0 aliphatic heterocycles. The number of hydrogen-bond donors (Lipinski definition) is 1. The lowest BCUT2D eigenvalue weighted by Crippen LogP contribution is -2.12. The second kappa shape index (κ2) is 3.05. The number of amides is 1. The highest BCUT2D eigenvalue weighted by Crippen LogP contribution is 2.43. The van der Waals surface area contributed by atoms with Crippen molar-refractivity contribution in [3.63, 3.8) is 0 Å². The molecule has 0 atom stereocenters. The number of anilines is 1. The predicted molar refractivity (Wildman–Crippen MR) is 55.4 cm³/mol. The normalized spacial score (nSPS) is 20.9. The molecule has 0 aromatic carbocycles. The third-order valence-corrected chi connectivity index (χ3v) is 3.76. The van der Waals surface area contributed by atoms with Crippen molar-refractivity contribution in [3.8, 4) is 0 Å². The standard InChI is InChI=1S/C10H12N2OS/c13-9(7-3-4-7)12-10-11-5-8(14-10)6-1-2-6/h5-7H,1-4H2,(H,11,12,13). The van der Waals surface area contributed by atoms with Crippen molar-refractivity contribution in [2.24, 2.45) is 5.92 Å². The fourth-order valence-corrected chi connectivity index (χ4v) is 2.44. The lowest BCUT2D eigenvalue weighted by Gasteiger charge is -1.97. The van der Waals surface area contributed by atoms with Gasteiger partial charge in [0.25, 0.3) is 0 Å².